The predicted molar refractivity (Wildman–Crippen MR) is 84.7 cm³/mol. The quantitative estimate of drug-likeness (QED) is 0.930. The Labute approximate surface area is 132 Å². The van der Waals surface area contributed by atoms with Crippen molar-refractivity contribution in [1.82, 2.24) is 4.90 Å². The number of carbonyl (C=O) groups excluding carboxylic acids is 1. The fourth-order valence-corrected chi connectivity index (χ4v) is 3.27. The summed E-state index contributed by atoms with van der Waals surface area (Å²) in [7, 11) is 0. The Morgan fingerprint density at radius 3 is 2.41 bits per heavy atom. The van der Waals surface area contributed by atoms with Gasteiger partial charge in [-0.3, -0.25) is 4.79 Å². The van der Waals surface area contributed by atoms with Gasteiger partial charge in [0.25, 0.3) is 0 Å². The van der Waals surface area contributed by atoms with E-state index in [4.69, 9.17) is 0 Å². The summed E-state index contributed by atoms with van der Waals surface area (Å²) in [6.07, 6.45) is 1.00. The van der Waals surface area contributed by atoms with Gasteiger partial charge in [0.05, 0.1) is 5.60 Å². The second kappa shape index (κ2) is 5.99. The summed E-state index contributed by atoms with van der Waals surface area (Å²) in [6, 6.07) is 6.03. The smallest absolute Gasteiger partial charge is 0.222 e. The van der Waals surface area contributed by atoms with Gasteiger partial charge < -0.3 is 10.0 Å². The van der Waals surface area contributed by atoms with E-state index >= 15 is 0 Å². The lowest BCUT2D eigenvalue weighted by molar-refractivity contribution is -0.153. The molecule has 4 heteroatoms. The second-order valence-corrected chi connectivity index (χ2v) is 7.41. The van der Waals surface area contributed by atoms with E-state index in [1.807, 2.05) is 32.6 Å². The standard InChI is InChI=1S/C18H26FNO2/c1-13(2)11-16(21)20-10-9-18(22,17(3,4)12-20)14-5-7-15(19)8-6-14/h5-8,13,22H,9-12H2,1-4H3. The molecule has 0 aromatic heterocycles. The number of likely N-dealkylation sites (tertiary alicyclic amines) is 1. The Kier molecular flexibility index (Phi) is 4.62. The fourth-order valence-electron chi connectivity index (χ4n) is 3.27. The lowest BCUT2D eigenvalue weighted by atomic mass is 9.66. The molecule has 1 atom stereocenters. The van der Waals surface area contributed by atoms with Crippen LogP contribution in [0.2, 0.25) is 0 Å². The van der Waals surface area contributed by atoms with Crippen LogP contribution in [0.5, 0.6) is 0 Å². The van der Waals surface area contributed by atoms with Gasteiger partial charge in [0.15, 0.2) is 0 Å². The summed E-state index contributed by atoms with van der Waals surface area (Å²) in [5, 5.41) is 11.2. The number of nitrogens with zero attached hydrogens (tertiary/aromatic N) is 1. The van der Waals surface area contributed by atoms with Crippen molar-refractivity contribution in [2.45, 2.75) is 46.1 Å². The molecule has 22 heavy (non-hydrogen) atoms. The van der Waals surface area contributed by atoms with Crippen molar-refractivity contribution < 1.29 is 14.3 Å². The molecule has 1 aliphatic heterocycles. The molecule has 0 radical (unpaired) electrons. The average molecular weight is 307 g/mol. The van der Waals surface area contributed by atoms with E-state index in [9.17, 15) is 14.3 Å². The highest BCUT2D eigenvalue weighted by atomic mass is 19.1. The highest BCUT2D eigenvalue weighted by Gasteiger charge is 2.49. The zero-order valence-electron chi connectivity index (χ0n) is 13.9. The zero-order valence-corrected chi connectivity index (χ0v) is 13.9. The van der Waals surface area contributed by atoms with Crippen molar-refractivity contribution in [3.63, 3.8) is 0 Å². The van der Waals surface area contributed by atoms with Gasteiger partial charge in [-0.05, 0) is 30.0 Å². The molecule has 122 valence electrons. The highest BCUT2D eigenvalue weighted by molar-refractivity contribution is 5.76. The summed E-state index contributed by atoms with van der Waals surface area (Å²) >= 11 is 0. The van der Waals surface area contributed by atoms with Gasteiger partial charge in [-0.2, -0.15) is 0 Å². The molecule has 0 bridgehead atoms. The molecule has 1 aromatic rings. The van der Waals surface area contributed by atoms with Crippen LogP contribution in [0.25, 0.3) is 0 Å². The number of hydrogen-bond donors (Lipinski definition) is 1. The Bertz CT molecular complexity index is 539. The first-order chi connectivity index (χ1) is 10.2. The molecule has 1 N–H and O–H groups in total. The number of aliphatic hydroxyl groups is 1. The first kappa shape index (κ1) is 16.9. The van der Waals surface area contributed by atoms with Crippen LogP contribution in [-0.2, 0) is 10.4 Å². The summed E-state index contributed by atoms with van der Waals surface area (Å²) in [5.74, 6) is 0.160. The number of halogens is 1. The molecule has 0 aliphatic carbocycles. The molecule has 1 aliphatic rings. The number of rotatable bonds is 3. The third-order valence-corrected chi connectivity index (χ3v) is 4.71. The van der Waals surface area contributed by atoms with Gasteiger partial charge in [0, 0.05) is 24.9 Å². The van der Waals surface area contributed by atoms with Crippen molar-refractivity contribution in [2.75, 3.05) is 13.1 Å². The molecule has 0 saturated carbocycles. The van der Waals surface area contributed by atoms with Crippen LogP contribution in [0.4, 0.5) is 4.39 Å². The summed E-state index contributed by atoms with van der Waals surface area (Å²) in [6.45, 7) is 9.02. The van der Waals surface area contributed by atoms with Crippen LogP contribution in [0, 0.1) is 17.2 Å². The molecule has 2 rings (SSSR count). The van der Waals surface area contributed by atoms with Crippen LogP contribution in [-0.4, -0.2) is 29.0 Å². The minimum absolute atomic E-state index is 0.143. The van der Waals surface area contributed by atoms with Gasteiger partial charge in [-0.1, -0.05) is 39.8 Å². The SMILES string of the molecule is CC(C)CC(=O)N1CCC(O)(c2ccc(F)cc2)C(C)(C)C1. The van der Waals surface area contributed by atoms with Crippen molar-refractivity contribution in [3.05, 3.63) is 35.6 Å². The van der Waals surface area contributed by atoms with E-state index in [1.54, 1.807) is 12.1 Å². The Balaban J connectivity index is 2.20. The van der Waals surface area contributed by atoms with E-state index in [-0.39, 0.29) is 11.7 Å². The van der Waals surface area contributed by atoms with E-state index < -0.39 is 11.0 Å². The van der Waals surface area contributed by atoms with Gasteiger partial charge in [0.2, 0.25) is 5.91 Å². The van der Waals surface area contributed by atoms with E-state index in [2.05, 4.69) is 0 Å². The predicted octanol–water partition coefficient (Wildman–Crippen LogP) is 3.32. The van der Waals surface area contributed by atoms with Crippen molar-refractivity contribution in [2.24, 2.45) is 11.3 Å². The average Bonchev–Trinajstić information content (AvgIpc) is 2.41. The molecule has 1 amide bonds. The topological polar surface area (TPSA) is 40.5 Å². The maximum atomic E-state index is 13.1. The van der Waals surface area contributed by atoms with Crippen molar-refractivity contribution in [3.8, 4) is 0 Å². The molecular formula is C18H26FNO2. The summed E-state index contributed by atoms with van der Waals surface area (Å²) in [5.41, 5.74) is -0.819. The van der Waals surface area contributed by atoms with Gasteiger partial charge in [0.1, 0.15) is 5.82 Å². The third kappa shape index (κ3) is 3.17. The number of piperidine rings is 1. The maximum absolute atomic E-state index is 13.1. The summed E-state index contributed by atoms with van der Waals surface area (Å²) in [4.78, 5) is 14.1. The first-order valence-corrected chi connectivity index (χ1v) is 7.92. The van der Waals surface area contributed by atoms with Gasteiger partial charge in [-0.25, -0.2) is 4.39 Å². The van der Waals surface area contributed by atoms with Crippen LogP contribution in [0.15, 0.2) is 24.3 Å². The van der Waals surface area contributed by atoms with Gasteiger partial charge in [-0.15, -0.1) is 0 Å². The molecule has 1 heterocycles. The van der Waals surface area contributed by atoms with Crippen LogP contribution in [0.1, 0.15) is 46.1 Å². The largest absolute Gasteiger partial charge is 0.384 e. The Hall–Kier alpha value is -1.42. The summed E-state index contributed by atoms with van der Waals surface area (Å²) < 4.78 is 13.1. The molecule has 1 aromatic carbocycles. The van der Waals surface area contributed by atoms with Crippen LogP contribution < -0.4 is 0 Å². The zero-order chi connectivity index (χ0) is 16.5. The number of carbonyl (C=O) groups is 1. The highest BCUT2D eigenvalue weighted by Crippen LogP contribution is 2.46. The normalized spacial score (nSPS) is 24.6. The van der Waals surface area contributed by atoms with Crippen LogP contribution in [0.3, 0.4) is 0 Å². The van der Waals surface area contributed by atoms with Crippen molar-refractivity contribution in [1.29, 1.82) is 0 Å². The Morgan fingerprint density at radius 1 is 1.32 bits per heavy atom. The second-order valence-electron chi connectivity index (χ2n) is 7.41. The number of hydrogen-bond acceptors (Lipinski definition) is 2. The molecule has 3 nitrogen and oxygen atoms in total. The maximum Gasteiger partial charge on any atom is 0.222 e. The van der Waals surface area contributed by atoms with Gasteiger partial charge >= 0.3 is 0 Å². The lowest BCUT2D eigenvalue weighted by Crippen LogP contribution is -2.56. The first-order valence-electron chi connectivity index (χ1n) is 7.92. The molecule has 1 fully saturated rings. The van der Waals surface area contributed by atoms with Crippen LogP contribution >= 0.6 is 0 Å². The molecule has 0 spiro atoms. The number of benzene rings is 1. The molecule has 1 unspecified atom stereocenters. The lowest BCUT2D eigenvalue weighted by Gasteiger charge is -2.50. The monoisotopic (exact) mass is 307 g/mol. The van der Waals surface area contributed by atoms with Crippen molar-refractivity contribution >= 4 is 5.91 Å². The molecule has 1 saturated heterocycles. The van der Waals surface area contributed by atoms with E-state index in [0.29, 0.717) is 31.8 Å². The van der Waals surface area contributed by atoms with E-state index in [0.717, 1.165) is 5.56 Å². The fraction of sp³-hybridized carbons (Fsp3) is 0.611. The minimum atomic E-state index is -1.05. The van der Waals surface area contributed by atoms with E-state index in [1.165, 1.54) is 12.1 Å². The minimum Gasteiger partial charge on any atom is -0.384 e. The number of amides is 1. The Morgan fingerprint density at radius 2 is 1.91 bits per heavy atom. The molecular weight excluding hydrogens is 281 g/mol. The third-order valence-electron chi connectivity index (χ3n) is 4.71.